The summed E-state index contributed by atoms with van der Waals surface area (Å²) < 4.78 is 32.6. The number of nitrogens with zero attached hydrogens (tertiary/aromatic N) is 1. The van der Waals surface area contributed by atoms with E-state index in [1.54, 1.807) is 0 Å². The fourth-order valence-electron chi connectivity index (χ4n) is 6.59. The third-order valence-electron chi connectivity index (χ3n) is 9.05. The molecule has 0 aliphatic carbocycles. The molecule has 0 saturated heterocycles. The fourth-order valence-corrected chi connectivity index (χ4v) is 6.59. The van der Waals surface area contributed by atoms with Crippen LogP contribution in [0.1, 0.15) is 0 Å². The predicted octanol–water partition coefficient (Wildman–Crippen LogP) is 8.81. The van der Waals surface area contributed by atoms with E-state index in [9.17, 15) is 5.11 Å². The molecule has 1 aromatic heterocycles. The van der Waals surface area contributed by atoms with Gasteiger partial charge in [0.15, 0.2) is 0 Å². The second kappa shape index (κ2) is 16.1. The van der Waals surface area contributed by atoms with Crippen molar-refractivity contribution in [3.05, 3.63) is 200 Å². The van der Waals surface area contributed by atoms with Crippen molar-refractivity contribution >= 4 is 0 Å². The maximum atomic E-state index is 11.8. The molecule has 4 N–H and O–H groups in total. The van der Waals surface area contributed by atoms with E-state index in [1.165, 1.54) is 11.1 Å². The number of aromatic nitrogens is 1. The number of pyridine rings is 1. The van der Waals surface area contributed by atoms with Crippen LogP contribution in [0.5, 0.6) is 5.75 Å². The number of rotatable bonds is 7. The van der Waals surface area contributed by atoms with Crippen molar-refractivity contribution in [3.63, 3.8) is 0 Å². The average Bonchev–Trinajstić information content (AvgIpc) is 3.21. The van der Waals surface area contributed by atoms with Crippen LogP contribution in [0.15, 0.2) is 200 Å². The van der Waals surface area contributed by atoms with Gasteiger partial charge in [0.05, 0.1) is 0 Å². The van der Waals surface area contributed by atoms with Gasteiger partial charge < -0.3 is 5.11 Å². The SMILES string of the molecule is Oc1c(-c2ccccc2)cc(-[n+]2c(-c3ccccc3)cc(-c3ccc(-c4ccccc4)cc3)cc2-c2ccccc2)cc1-c1ccccc1.[O-][Cl+](O)(O)O. The molecular formula is C47H37ClNO5+. The minimum atomic E-state index is -4.19. The molecule has 0 radical (unpaired) electrons. The third-order valence-corrected chi connectivity index (χ3v) is 9.05. The summed E-state index contributed by atoms with van der Waals surface area (Å²) in [6.45, 7) is 0. The fraction of sp³-hybridized carbons (Fsp3) is 0. The van der Waals surface area contributed by atoms with E-state index in [-0.39, 0.29) is 5.75 Å². The third kappa shape index (κ3) is 8.46. The summed E-state index contributed by atoms with van der Waals surface area (Å²) in [6.07, 6.45) is 0. The molecule has 8 aromatic rings. The first-order valence-corrected chi connectivity index (χ1v) is 18.6. The van der Waals surface area contributed by atoms with Gasteiger partial charge in [-0.1, -0.05) is 152 Å². The Labute approximate surface area is 316 Å². The monoisotopic (exact) mass is 730 g/mol. The zero-order chi connectivity index (χ0) is 37.5. The van der Waals surface area contributed by atoms with Gasteiger partial charge in [-0.05, 0) is 57.6 Å². The van der Waals surface area contributed by atoms with Gasteiger partial charge in [-0.25, -0.2) is 0 Å². The van der Waals surface area contributed by atoms with Crippen LogP contribution in [-0.2, 0) is 0 Å². The molecule has 0 bridgehead atoms. The molecule has 266 valence electrons. The van der Waals surface area contributed by atoms with Gasteiger partial charge in [0.25, 0.3) is 0 Å². The van der Waals surface area contributed by atoms with Crippen molar-refractivity contribution in [1.82, 2.24) is 0 Å². The van der Waals surface area contributed by atoms with Crippen LogP contribution in [-0.4, -0.2) is 19.1 Å². The van der Waals surface area contributed by atoms with Gasteiger partial charge in [0.1, 0.15) is 5.75 Å². The molecule has 1 heterocycles. The van der Waals surface area contributed by atoms with E-state index in [4.69, 9.17) is 18.6 Å². The molecular weight excluding hydrogens is 694 g/mol. The van der Waals surface area contributed by atoms with Crippen molar-refractivity contribution in [2.45, 2.75) is 0 Å². The van der Waals surface area contributed by atoms with E-state index in [2.05, 4.69) is 162 Å². The first-order valence-electron chi connectivity index (χ1n) is 17.2. The topological polar surface area (TPSA) is 108 Å². The molecule has 0 unspecified atom stereocenters. The molecule has 0 aliphatic rings. The first-order chi connectivity index (χ1) is 26.2. The number of halogens is 1. The van der Waals surface area contributed by atoms with Gasteiger partial charge in [0.2, 0.25) is 17.1 Å². The number of hydrogen-bond donors (Lipinski definition) is 4. The quantitative estimate of drug-likeness (QED) is 0.123. The Morgan fingerprint density at radius 2 is 0.630 bits per heavy atom. The molecule has 7 aromatic carbocycles. The van der Waals surface area contributed by atoms with Gasteiger partial charge in [-0.15, -0.1) is 0 Å². The van der Waals surface area contributed by atoms with Crippen LogP contribution in [0.4, 0.5) is 0 Å². The van der Waals surface area contributed by atoms with Crippen LogP contribution in [0, 0.1) is 10.2 Å². The van der Waals surface area contributed by atoms with E-state index in [0.717, 1.165) is 61.6 Å². The average molecular weight is 731 g/mol. The first kappa shape index (κ1) is 36.0. The second-order valence-corrected chi connectivity index (χ2v) is 13.4. The molecule has 54 heavy (non-hydrogen) atoms. The Morgan fingerprint density at radius 3 is 0.981 bits per heavy atom. The standard InChI is InChI=1S/C47H33NO.ClH3O4/c49-47-43(37-18-8-2-9-19-37)32-42(33-44(47)38-20-10-3-11-21-38)48-45(39-22-12-4-13-23-39)30-41(31-46(48)40-24-14-5-15-25-40)36-28-26-35(27-29-36)34-16-6-1-7-17-34;2-1(3,4)5/h1-33H;2-4H/p+1. The number of phenolic OH excluding ortho intramolecular Hbond substituents is 1. The normalized spacial score (nSPS) is 11.3. The van der Waals surface area contributed by atoms with Crippen LogP contribution in [0.2, 0.25) is 0 Å². The summed E-state index contributed by atoms with van der Waals surface area (Å²) in [5.41, 5.74) is 13.4. The Hall–Kier alpha value is -6.38. The van der Waals surface area contributed by atoms with Gasteiger partial charge >= 0.3 is 28.9 Å². The Kier molecular flexibility index (Phi) is 10.7. The molecule has 0 atom stereocenters. The molecule has 7 heteroatoms. The zero-order valence-corrected chi connectivity index (χ0v) is 29.8. The van der Waals surface area contributed by atoms with Crippen molar-refractivity contribution in [2.75, 3.05) is 0 Å². The molecule has 0 fully saturated rings. The van der Waals surface area contributed by atoms with Gasteiger partial charge in [-0.2, -0.15) is 4.57 Å². The van der Waals surface area contributed by atoms with E-state index in [1.807, 2.05) is 42.5 Å². The van der Waals surface area contributed by atoms with Crippen molar-refractivity contribution in [2.24, 2.45) is 0 Å². The summed E-state index contributed by atoms with van der Waals surface area (Å²) >= 11 is 0. The van der Waals surface area contributed by atoms with Crippen LogP contribution in [0.25, 0.3) is 72.7 Å². The summed E-state index contributed by atoms with van der Waals surface area (Å²) in [5, 5.41) is 11.8. The molecule has 6 nitrogen and oxygen atoms in total. The van der Waals surface area contributed by atoms with E-state index < -0.39 is 10.2 Å². The minimum absolute atomic E-state index is 0.263. The molecule has 0 amide bonds. The van der Waals surface area contributed by atoms with Crippen molar-refractivity contribution < 1.29 is 38.6 Å². The second-order valence-electron chi connectivity index (χ2n) is 12.6. The number of phenols is 1. The Balaban J connectivity index is 0.000000846. The summed E-state index contributed by atoms with van der Waals surface area (Å²) in [4.78, 5) is 0. The summed E-state index contributed by atoms with van der Waals surface area (Å²) in [7, 11) is -4.19. The van der Waals surface area contributed by atoms with Crippen molar-refractivity contribution in [1.29, 1.82) is 0 Å². The summed E-state index contributed by atoms with van der Waals surface area (Å²) in [6, 6.07) is 69.5. The van der Waals surface area contributed by atoms with E-state index >= 15 is 0 Å². The van der Waals surface area contributed by atoms with Crippen LogP contribution < -0.4 is 9.23 Å². The molecule has 0 saturated carbocycles. The summed E-state index contributed by atoms with van der Waals surface area (Å²) in [5.74, 6) is 0.263. The number of benzene rings is 7. The van der Waals surface area contributed by atoms with Gasteiger partial charge in [0, 0.05) is 46.5 Å². The van der Waals surface area contributed by atoms with Gasteiger partial charge in [-0.3, -0.25) is 0 Å². The molecule has 0 aliphatic heterocycles. The van der Waals surface area contributed by atoms with Crippen molar-refractivity contribution in [3.8, 4) is 78.5 Å². The van der Waals surface area contributed by atoms with Crippen LogP contribution >= 0.6 is 0 Å². The van der Waals surface area contributed by atoms with E-state index in [0.29, 0.717) is 0 Å². The Bertz CT molecular complexity index is 2330. The zero-order valence-electron chi connectivity index (χ0n) is 29.1. The predicted molar refractivity (Wildman–Crippen MR) is 209 cm³/mol. The number of hydrogen-bond acceptors (Lipinski definition) is 5. The molecule has 8 rings (SSSR count). The van der Waals surface area contributed by atoms with Crippen LogP contribution in [0.3, 0.4) is 0 Å². The Morgan fingerprint density at radius 1 is 0.352 bits per heavy atom. The number of aromatic hydroxyl groups is 1. The molecule has 0 spiro atoms. The maximum absolute atomic E-state index is 11.8.